The molecule has 0 N–H and O–H groups in total. The lowest BCUT2D eigenvalue weighted by molar-refractivity contribution is -0.140. The van der Waals surface area contributed by atoms with Gasteiger partial charge in [-0.25, -0.2) is 0 Å². The molecule has 0 aliphatic carbocycles. The number of nitrogens with zero attached hydrogens (tertiary/aromatic N) is 2. The summed E-state index contributed by atoms with van der Waals surface area (Å²) in [6.45, 7) is 4.85. The fraction of sp³-hybridized carbons (Fsp3) is 0.643. The van der Waals surface area contributed by atoms with Crippen LogP contribution in [0.4, 0.5) is 0 Å². The van der Waals surface area contributed by atoms with Crippen molar-refractivity contribution in [1.29, 1.82) is 0 Å². The first-order valence-electron chi connectivity index (χ1n) is 6.79. The summed E-state index contributed by atoms with van der Waals surface area (Å²) in [6, 6.07) is 4.31. The Balaban J connectivity index is 1.95. The van der Waals surface area contributed by atoms with Gasteiger partial charge in [-0.3, -0.25) is 4.79 Å². The van der Waals surface area contributed by atoms with Crippen LogP contribution in [0.5, 0.6) is 0 Å². The third kappa shape index (κ3) is 3.16. The van der Waals surface area contributed by atoms with Crippen LogP contribution in [-0.4, -0.2) is 48.8 Å². The van der Waals surface area contributed by atoms with E-state index in [-0.39, 0.29) is 18.6 Å². The lowest BCUT2D eigenvalue weighted by Crippen LogP contribution is -2.43. The topological polar surface area (TPSA) is 43.7 Å². The zero-order chi connectivity index (χ0) is 13.7. The molecule has 106 valence electrons. The predicted molar refractivity (Wildman–Crippen MR) is 71.9 cm³/mol. The minimum Gasteiger partial charge on any atom is -0.382 e. The van der Waals surface area contributed by atoms with Crippen molar-refractivity contribution in [1.82, 2.24) is 9.47 Å². The number of hydrogen-bond donors (Lipinski definition) is 0. The average molecular weight is 266 g/mol. The molecule has 0 saturated carbocycles. The van der Waals surface area contributed by atoms with Gasteiger partial charge in [-0.15, -0.1) is 0 Å². The van der Waals surface area contributed by atoms with Crippen molar-refractivity contribution in [3.63, 3.8) is 0 Å². The molecule has 2 rings (SSSR count). The summed E-state index contributed by atoms with van der Waals surface area (Å²) in [6.07, 6.45) is 3.00. The number of methoxy groups -OCH3 is 1. The van der Waals surface area contributed by atoms with Crippen LogP contribution in [0.2, 0.25) is 0 Å². The molecule has 0 radical (unpaired) electrons. The van der Waals surface area contributed by atoms with Crippen molar-refractivity contribution in [2.24, 2.45) is 0 Å². The largest absolute Gasteiger partial charge is 0.382 e. The molecule has 19 heavy (non-hydrogen) atoms. The SMILES string of the molecule is CC[C@H]1c2cccn2CCN1C(=O)COCCOC. The van der Waals surface area contributed by atoms with E-state index in [4.69, 9.17) is 9.47 Å². The second kappa shape index (κ2) is 6.73. The number of rotatable bonds is 6. The minimum atomic E-state index is 0.0652. The molecule has 1 aliphatic heterocycles. The van der Waals surface area contributed by atoms with Gasteiger partial charge in [0.2, 0.25) is 5.91 Å². The number of ether oxygens (including phenoxy) is 2. The molecule has 0 bridgehead atoms. The first-order chi connectivity index (χ1) is 9.27. The second-order valence-electron chi connectivity index (χ2n) is 4.68. The lowest BCUT2D eigenvalue weighted by atomic mass is 10.1. The highest BCUT2D eigenvalue weighted by atomic mass is 16.5. The van der Waals surface area contributed by atoms with E-state index < -0.39 is 0 Å². The van der Waals surface area contributed by atoms with Crippen LogP contribution in [-0.2, 0) is 20.8 Å². The first kappa shape index (κ1) is 14.1. The fourth-order valence-electron chi connectivity index (χ4n) is 2.58. The number of carbonyl (C=O) groups is 1. The molecule has 0 saturated heterocycles. The molecule has 0 spiro atoms. The summed E-state index contributed by atoms with van der Waals surface area (Å²) in [5.41, 5.74) is 1.22. The zero-order valence-corrected chi connectivity index (χ0v) is 11.7. The van der Waals surface area contributed by atoms with Gasteiger partial charge in [0, 0.05) is 32.1 Å². The van der Waals surface area contributed by atoms with Gasteiger partial charge in [-0.05, 0) is 18.6 Å². The van der Waals surface area contributed by atoms with Gasteiger partial charge in [0.15, 0.2) is 0 Å². The Labute approximate surface area is 114 Å². The monoisotopic (exact) mass is 266 g/mol. The smallest absolute Gasteiger partial charge is 0.249 e. The molecular weight excluding hydrogens is 244 g/mol. The van der Waals surface area contributed by atoms with Gasteiger partial charge >= 0.3 is 0 Å². The third-order valence-electron chi connectivity index (χ3n) is 3.53. The Hall–Kier alpha value is -1.33. The Morgan fingerprint density at radius 3 is 3.00 bits per heavy atom. The van der Waals surface area contributed by atoms with E-state index in [1.165, 1.54) is 5.69 Å². The highest BCUT2D eigenvalue weighted by Gasteiger charge is 2.29. The van der Waals surface area contributed by atoms with E-state index in [9.17, 15) is 4.79 Å². The summed E-state index contributed by atoms with van der Waals surface area (Å²) < 4.78 is 12.4. The summed E-state index contributed by atoms with van der Waals surface area (Å²) in [4.78, 5) is 14.1. The Morgan fingerprint density at radius 1 is 1.42 bits per heavy atom. The predicted octanol–water partition coefficient (Wildman–Crippen LogP) is 1.44. The van der Waals surface area contributed by atoms with Gasteiger partial charge in [0.25, 0.3) is 0 Å². The van der Waals surface area contributed by atoms with Crippen molar-refractivity contribution in [3.8, 4) is 0 Å². The molecule has 5 nitrogen and oxygen atoms in total. The van der Waals surface area contributed by atoms with Crippen LogP contribution in [0.3, 0.4) is 0 Å². The summed E-state index contributed by atoms with van der Waals surface area (Å²) in [5.74, 6) is 0.0652. The van der Waals surface area contributed by atoms with Crippen LogP contribution in [0.25, 0.3) is 0 Å². The highest BCUT2D eigenvalue weighted by Crippen LogP contribution is 2.28. The maximum absolute atomic E-state index is 12.2. The summed E-state index contributed by atoms with van der Waals surface area (Å²) in [5, 5.41) is 0. The molecule has 2 heterocycles. The van der Waals surface area contributed by atoms with E-state index in [1.54, 1.807) is 7.11 Å². The Bertz CT molecular complexity index is 417. The normalized spacial score (nSPS) is 18.4. The highest BCUT2D eigenvalue weighted by molar-refractivity contribution is 5.78. The average Bonchev–Trinajstić information content (AvgIpc) is 2.90. The molecule has 1 aromatic rings. The molecule has 1 aliphatic rings. The Morgan fingerprint density at radius 2 is 2.26 bits per heavy atom. The van der Waals surface area contributed by atoms with Gasteiger partial charge in [-0.2, -0.15) is 0 Å². The summed E-state index contributed by atoms with van der Waals surface area (Å²) in [7, 11) is 1.62. The quantitative estimate of drug-likeness (QED) is 0.732. The van der Waals surface area contributed by atoms with Crippen molar-refractivity contribution in [3.05, 3.63) is 24.0 Å². The molecule has 0 unspecified atom stereocenters. The van der Waals surface area contributed by atoms with Crippen molar-refractivity contribution >= 4 is 5.91 Å². The fourth-order valence-corrected chi connectivity index (χ4v) is 2.58. The number of carbonyl (C=O) groups excluding carboxylic acids is 1. The minimum absolute atomic E-state index is 0.0652. The van der Waals surface area contributed by atoms with Crippen molar-refractivity contribution in [2.75, 3.05) is 33.5 Å². The Kier molecular flexibility index (Phi) is 4.99. The van der Waals surface area contributed by atoms with Gasteiger partial charge in [-0.1, -0.05) is 6.92 Å². The number of fused-ring (bicyclic) bond motifs is 1. The lowest BCUT2D eigenvalue weighted by Gasteiger charge is -2.36. The summed E-state index contributed by atoms with van der Waals surface area (Å²) >= 11 is 0. The maximum atomic E-state index is 12.2. The molecule has 0 aromatic carbocycles. The van der Waals surface area contributed by atoms with Crippen LogP contribution in [0.15, 0.2) is 18.3 Å². The molecular formula is C14H22N2O3. The molecule has 0 fully saturated rings. The molecule has 5 heteroatoms. The van der Waals surface area contributed by atoms with E-state index in [0.29, 0.717) is 13.2 Å². The van der Waals surface area contributed by atoms with E-state index in [0.717, 1.165) is 19.5 Å². The van der Waals surface area contributed by atoms with E-state index >= 15 is 0 Å². The maximum Gasteiger partial charge on any atom is 0.249 e. The first-order valence-corrected chi connectivity index (χ1v) is 6.79. The zero-order valence-electron chi connectivity index (χ0n) is 11.7. The van der Waals surface area contributed by atoms with E-state index in [2.05, 4.69) is 23.8 Å². The van der Waals surface area contributed by atoms with Crippen LogP contribution < -0.4 is 0 Å². The van der Waals surface area contributed by atoms with Gasteiger partial charge in [0.1, 0.15) is 6.61 Å². The van der Waals surface area contributed by atoms with Crippen LogP contribution in [0, 0.1) is 0 Å². The van der Waals surface area contributed by atoms with Gasteiger partial charge < -0.3 is 18.9 Å². The number of amides is 1. The standard InChI is InChI=1S/C14H22N2O3/c1-3-12-13-5-4-6-15(13)7-8-16(12)14(17)11-19-10-9-18-2/h4-6,12H,3,7-11H2,1-2H3/t12-/m0/s1. The van der Waals surface area contributed by atoms with E-state index in [1.807, 2.05) is 11.0 Å². The van der Waals surface area contributed by atoms with Gasteiger partial charge in [0.05, 0.1) is 19.3 Å². The van der Waals surface area contributed by atoms with Crippen molar-refractivity contribution < 1.29 is 14.3 Å². The number of aromatic nitrogens is 1. The third-order valence-corrected chi connectivity index (χ3v) is 3.53. The van der Waals surface area contributed by atoms with Crippen LogP contribution >= 0.6 is 0 Å². The molecule has 1 aromatic heterocycles. The molecule has 1 atom stereocenters. The number of hydrogen-bond acceptors (Lipinski definition) is 3. The van der Waals surface area contributed by atoms with Crippen molar-refractivity contribution in [2.45, 2.75) is 25.9 Å². The molecule has 1 amide bonds. The second-order valence-corrected chi connectivity index (χ2v) is 4.68. The van der Waals surface area contributed by atoms with Crippen LogP contribution in [0.1, 0.15) is 25.1 Å².